The van der Waals surface area contributed by atoms with Crippen LogP contribution in [0.4, 0.5) is 0 Å². The minimum Gasteiger partial charge on any atom is -0.327 e. The Labute approximate surface area is 65.6 Å². The lowest BCUT2D eigenvalue weighted by Gasteiger charge is -2.14. The highest BCUT2D eigenvalue weighted by Crippen LogP contribution is 2.27. The van der Waals surface area contributed by atoms with Gasteiger partial charge in [-0.15, -0.1) is 0 Å². The summed E-state index contributed by atoms with van der Waals surface area (Å²) in [5.41, 5.74) is 5.60. The zero-order chi connectivity index (χ0) is 7.11. The summed E-state index contributed by atoms with van der Waals surface area (Å²) in [7, 11) is 3.83. The van der Waals surface area contributed by atoms with E-state index in [2.05, 4.69) is 0 Å². The molecule has 1 aliphatic heterocycles. The van der Waals surface area contributed by atoms with Crippen LogP contribution in [0.5, 0.6) is 0 Å². The fourth-order valence-corrected chi connectivity index (χ4v) is 2.89. The molecule has 2 N–H and O–H groups in total. The minimum atomic E-state index is 0.478. The molecule has 1 fully saturated rings. The minimum absolute atomic E-state index is 0.478. The average molecular weight is 165 g/mol. The molecule has 3 heteroatoms. The molecule has 0 bridgehead atoms. The van der Waals surface area contributed by atoms with Gasteiger partial charge in [0.1, 0.15) is 0 Å². The van der Waals surface area contributed by atoms with E-state index in [9.17, 15) is 0 Å². The largest absolute Gasteiger partial charge is 0.327 e. The molecule has 0 saturated carbocycles. The molecular formula is C6H15NS2. The zero-order valence-corrected chi connectivity index (χ0v) is 7.73. The first kappa shape index (κ1) is 9.66. The Morgan fingerprint density at radius 3 is 2.22 bits per heavy atom. The first-order valence-electron chi connectivity index (χ1n) is 3.39. The third-order valence-corrected chi connectivity index (χ3v) is 3.48. The van der Waals surface area contributed by atoms with Gasteiger partial charge in [-0.3, -0.25) is 0 Å². The van der Waals surface area contributed by atoms with Crippen LogP contribution in [0.1, 0.15) is 20.3 Å². The Bertz CT molecular complexity index is 53.0. The van der Waals surface area contributed by atoms with Crippen molar-refractivity contribution in [2.45, 2.75) is 26.3 Å². The number of hydrogen-bond acceptors (Lipinski definition) is 3. The Balaban J connectivity index is 0.000000291. The van der Waals surface area contributed by atoms with Crippen molar-refractivity contribution in [1.82, 2.24) is 0 Å². The van der Waals surface area contributed by atoms with E-state index in [0.717, 1.165) is 5.75 Å². The predicted octanol–water partition coefficient (Wildman–Crippen LogP) is 2.12. The molecule has 1 atom stereocenters. The first-order valence-corrected chi connectivity index (χ1v) is 5.88. The van der Waals surface area contributed by atoms with Gasteiger partial charge in [-0.25, -0.2) is 0 Å². The van der Waals surface area contributed by atoms with Crippen LogP contribution in [0.25, 0.3) is 0 Å². The first-order chi connectivity index (χ1) is 4.39. The van der Waals surface area contributed by atoms with E-state index in [0.29, 0.717) is 6.04 Å². The quantitative estimate of drug-likeness (QED) is 0.557. The van der Waals surface area contributed by atoms with Crippen LogP contribution in [0.2, 0.25) is 0 Å². The molecular weight excluding hydrogens is 150 g/mol. The molecule has 1 aliphatic rings. The second kappa shape index (κ2) is 6.78. The summed E-state index contributed by atoms with van der Waals surface area (Å²) < 4.78 is 0. The van der Waals surface area contributed by atoms with E-state index in [1.165, 1.54) is 12.2 Å². The van der Waals surface area contributed by atoms with Gasteiger partial charge in [0.05, 0.1) is 0 Å². The van der Waals surface area contributed by atoms with Gasteiger partial charge >= 0.3 is 0 Å². The predicted molar refractivity (Wildman–Crippen MR) is 48.9 cm³/mol. The van der Waals surface area contributed by atoms with Crippen LogP contribution in [0.15, 0.2) is 0 Å². The van der Waals surface area contributed by atoms with Gasteiger partial charge < -0.3 is 5.73 Å². The molecule has 0 amide bonds. The summed E-state index contributed by atoms with van der Waals surface area (Å²) >= 11 is 0. The van der Waals surface area contributed by atoms with E-state index in [4.69, 9.17) is 5.73 Å². The molecule has 0 aromatic heterocycles. The van der Waals surface area contributed by atoms with Crippen molar-refractivity contribution in [3.63, 3.8) is 0 Å². The molecule has 0 spiro atoms. The monoisotopic (exact) mass is 165 g/mol. The van der Waals surface area contributed by atoms with E-state index >= 15 is 0 Å². The maximum Gasteiger partial charge on any atom is 0.0189 e. The number of nitrogens with two attached hydrogens (primary N) is 1. The molecule has 1 unspecified atom stereocenters. The van der Waals surface area contributed by atoms with E-state index in [-0.39, 0.29) is 0 Å². The lowest BCUT2D eigenvalue weighted by Crippen LogP contribution is -2.25. The molecule has 1 heterocycles. The van der Waals surface area contributed by atoms with E-state index in [1.807, 2.05) is 35.4 Å². The van der Waals surface area contributed by atoms with E-state index in [1.54, 1.807) is 0 Å². The lowest BCUT2D eigenvalue weighted by molar-refractivity contribution is 0.730. The van der Waals surface area contributed by atoms with Gasteiger partial charge in [0, 0.05) is 17.5 Å². The highest BCUT2D eigenvalue weighted by Gasteiger charge is 2.07. The molecule has 0 aromatic carbocycles. The molecule has 1 rings (SSSR count). The molecule has 9 heavy (non-hydrogen) atoms. The lowest BCUT2D eigenvalue weighted by atomic mass is 10.3. The van der Waals surface area contributed by atoms with Gasteiger partial charge in [-0.05, 0) is 6.42 Å². The molecule has 1 saturated heterocycles. The summed E-state index contributed by atoms with van der Waals surface area (Å²) in [5.74, 6) is 2.39. The third-order valence-electron chi connectivity index (χ3n) is 0.937. The van der Waals surface area contributed by atoms with Gasteiger partial charge in [-0.2, -0.15) is 0 Å². The van der Waals surface area contributed by atoms with Crippen molar-refractivity contribution in [2.24, 2.45) is 5.73 Å². The molecule has 0 radical (unpaired) electrons. The van der Waals surface area contributed by atoms with Gasteiger partial charge in [0.25, 0.3) is 0 Å². The van der Waals surface area contributed by atoms with Crippen LogP contribution in [0, 0.1) is 0 Å². The van der Waals surface area contributed by atoms with Crippen molar-refractivity contribution >= 4 is 21.6 Å². The summed E-state index contributed by atoms with van der Waals surface area (Å²) in [4.78, 5) is 0. The zero-order valence-electron chi connectivity index (χ0n) is 6.09. The maximum atomic E-state index is 5.60. The van der Waals surface area contributed by atoms with Gasteiger partial charge in [0.15, 0.2) is 0 Å². The van der Waals surface area contributed by atoms with Gasteiger partial charge in [-0.1, -0.05) is 35.4 Å². The smallest absolute Gasteiger partial charge is 0.0189 e. The van der Waals surface area contributed by atoms with Crippen molar-refractivity contribution in [3.05, 3.63) is 0 Å². The third kappa shape index (κ3) is 5.12. The normalized spacial score (nSPS) is 26.3. The Kier molecular flexibility index (Phi) is 7.27. The van der Waals surface area contributed by atoms with Crippen LogP contribution < -0.4 is 5.73 Å². The van der Waals surface area contributed by atoms with Crippen LogP contribution >= 0.6 is 21.6 Å². The molecule has 56 valence electrons. The Morgan fingerprint density at radius 2 is 2.00 bits per heavy atom. The van der Waals surface area contributed by atoms with Crippen molar-refractivity contribution in [3.8, 4) is 0 Å². The highest BCUT2D eigenvalue weighted by atomic mass is 33.1. The highest BCUT2D eigenvalue weighted by molar-refractivity contribution is 8.76. The standard InChI is InChI=1S/C4H9NS2.C2H6/c5-4-1-2-6-7-3-4;1-2/h4H,1-3,5H2;1-2H3. The Morgan fingerprint density at radius 1 is 1.33 bits per heavy atom. The molecule has 0 aromatic rings. The maximum absolute atomic E-state index is 5.60. The molecule has 0 aliphatic carbocycles. The van der Waals surface area contributed by atoms with Crippen molar-refractivity contribution < 1.29 is 0 Å². The van der Waals surface area contributed by atoms with Gasteiger partial charge in [0.2, 0.25) is 0 Å². The van der Waals surface area contributed by atoms with Crippen molar-refractivity contribution in [2.75, 3.05) is 11.5 Å². The SMILES string of the molecule is CC.NC1CCSSC1. The second-order valence-electron chi connectivity index (χ2n) is 1.66. The average Bonchev–Trinajstić information content (AvgIpc) is 1.94. The number of rotatable bonds is 0. The molecule has 1 nitrogen and oxygen atoms in total. The fourth-order valence-electron chi connectivity index (χ4n) is 0.477. The van der Waals surface area contributed by atoms with Crippen LogP contribution in [-0.4, -0.2) is 17.5 Å². The summed E-state index contributed by atoms with van der Waals surface area (Å²) in [6.07, 6.45) is 1.21. The number of hydrogen-bond donors (Lipinski definition) is 1. The topological polar surface area (TPSA) is 26.0 Å². The van der Waals surface area contributed by atoms with Crippen LogP contribution in [-0.2, 0) is 0 Å². The van der Waals surface area contributed by atoms with Crippen molar-refractivity contribution in [1.29, 1.82) is 0 Å². The Hall–Kier alpha value is 0.660. The second-order valence-corrected chi connectivity index (χ2v) is 4.28. The summed E-state index contributed by atoms with van der Waals surface area (Å²) in [5, 5.41) is 0. The fraction of sp³-hybridized carbons (Fsp3) is 1.00. The summed E-state index contributed by atoms with van der Waals surface area (Å²) in [6, 6.07) is 0.478. The van der Waals surface area contributed by atoms with Crippen LogP contribution in [0.3, 0.4) is 0 Å². The summed E-state index contributed by atoms with van der Waals surface area (Å²) in [6.45, 7) is 4.00. The van der Waals surface area contributed by atoms with E-state index < -0.39 is 0 Å².